The van der Waals surface area contributed by atoms with E-state index in [-0.39, 0.29) is 34.8 Å². The Labute approximate surface area is 189 Å². The monoisotopic (exact) mass is 453 g/mol. The lowest BCUT2D eigenvalue weighted by atomic mass is 10.0. The molecule has 2 atom stereocenters. The summed E-state index contributed by atoms with van der Waals surface area (Å²) in [7, 11) is 0. The zero-order valence-corrected chi connectivity index (χ0v) is 18.3. The number of anilines is 1. The van der Waals surface area contributed by atoms with Gasteiger partial charge in [-0.25, -0.2) is 4.79 Å². The lowest BCUT2D eigenvalue weighted by molar-refractivity contribution is -0.384. The summed E-state index contributed by atoms with van der Waals surface area (Å²) in [5, 5.41) is 13.4. The third kappa shape index (κ3) is 5.05. The highest BCUT2D eigenvalue weighted by molar-refractivity contribution is 6.22. The van der Waals surface area contributed by atoms with E-state index in [1.54, 1.807) is 12.1 Å². The fourth-order valence-electron chi connectivity index (χ4n) is 3.49. The van der Waals surface area contributed by atoms with Crippen molar-refractivity contribution in [1.82, 2.24) is 4.90 Å². The maximum absolute atomic E-state index is 13.0. The largest absolute Gasteiger partial charge is 0.451 e. The summed E-state index contributed by atoms with van der Waals surface area (Å²) in [6.45, 7) is 4.99. The van der Waals surface area contributed by atoms with Gasteiger partial charge in [0.25, 0.3) is 23.4 Å². The van der Waals surface area contributed by atoms with E-state index >= 15 is 0 Å². The third-order valence-electron chi connectivity index (χ3n) is 5.09. The van der Waals surface area contributed by atoms with Crippen LogP contribution < -0.4 is 5.32 Å². The predicted molar refractivity (Wildman–Crippen MR) is 117 cm³/mol. The van der Waals surface area contributed by atoms with Crippen LogP contribution >= 0.6 is 0 Å². The van der Waals surface area contributed by atoms with E-state index in [2.05, 4.69) is 5.32 Å². The van der Waals surface area contributed by atoms with Gasteiger partial charge in [-0.2, -0.15) is 0 Å². The van der Waals surface area contributed by atoms with Crippen LogP contribution in [0.2, 0.25) is 0 Å². The van der Waals surface area contributed by atoms with Gasteiger partial charge in [-0.15, -0.1) is 0 Å². The van der Waals surface area contributed by atoms with Gasteiger partial charge in [0, 0.05) is 17.8 Å². The van der Waals surface area contributed by atoms with Crippen molar-refractivity contribution in [2.45, 2.75) is 39.3 Å². The molecule has 2 aromatic rings. The molecule has 1 N–H and O–H groups in total. The Morgan fingerprint density at radius 1 is 1.03 bits per heavy atom. The molecule has 2 aromatic carbocycles. The number of hydrogen-bond acceptors (Lipinski definition) is 7. The predicted octanol–water partition coefficient (Wildman–Crippen LogP) is 3.18. The summed E-state index contributed by atoms with van der Waals surface area (Å²) < 4.78 is 5.30. The average Bonchev–Trinajstić information content (AvgIpc) is 3.02. The first-order valence-corrected chi connectivity index (χ1v) is 10.3. The standard InChI is InChI=1S/C23H23N3O7/c1-13(2)11-19(25-21(28)17-9-4-5-10-18(17)22(25)29)23(30)33-14(3)20(27)24-15-7-6-8-16(12-15)26(31)32/h4-10,12-14,19H,11H2,1-3H3,(H,24,27). The van der Waals surface area contributed by atoms with Crippen molar-refractivity contribution < 1.29 is 28.8 Å². The molecule has 1 aliphatic heterocycles. The number of non-ortho nitro benzene ring substituents is 1. The van der Waals surface area contributed by atoms with Crippen molar-refractivity contribution >= 4 is 35.1 Å². The van der Waals surface area contributed by atoms with Gasteiger partial charge in [-0.1, -0.05) is 32.0 Å². The summed E-state index contributed by atoms with van der Waals surface area (Å²) in [5.74, 6) is -2.84. The van der Waals surface area contributed by atoms with Gasteiger partial charge in [-0.3, -0.25) is 29.4 Å². The van der Waals surface area contributed by atoms with E-state index in [0.717, 1.165) is 4.90 Å². The van der Waals surface area contributed by atoms with Gasteiger partial charge in [0.2, 0.25) is 0 Å². The van der Waals surface area contributed by atoms with Crippen LogP contribution in [0.3, 0.4) is 0 Å². The van der Waals surface area contributed by atoms with Crippen LogP contribution in [0.1, 0.15) is 47.9 Å². The lowest BCUT2D eigenvalue weighted by Crippen LogP contribution is -2.48. The van der Waals surface area contributed by atoms with Gasteiger partial charge in [0.1, 0.15) is 6.04 Å². The Bertz CT molecular complexity index is 1090. The molecule has 0 saturated carbocycles. The summed E-state index contributed by atoms with van der Waals surface area (Å²) in [5.41, 5.74) is 0.372. The number of nitro groups is 1. The number of carbonyl (C=O) groups is 4. The Morgan fingerprint density at radius 2 is 1.64 bits per heavy atom. The molecular weight excluding hydrogens is 430 g/mol. The molecule has 0 radical (unpaired) electrons. The molecule has 0 spiro atoms. The first-order chi connectivity index (χ1) is 15.6. The molecule has 10 nitrogen and oxygen atoms in total. The molecule has 3 rings (SSSR count). The Hall–Kier alpha value is -4.08. The summed E-state index contributed by atoms with van der Waals surface area (Å²) in [6.07, 6.45) is -1.12. The first-order valence-electron chi connectivity index (χ1n) is 10.3. The summed E-state index contributed by atoms with van der Waals surface area (Å²) in [4.78, 5) is 62.4. The molecule has 172 valence electrons. The van der Waals surface area contributed by atoms with E-state index in [1.165, 1.54) is 43.3 Å². The van der Waals surface area contributed by atoms with Gasteiger partial charge in [0.05, 0.1) is 16.1 Å². The van der Waals surface area contributed by atoms with E-state index in [1.807, 2.05) is 13.8 Å². The first kappa shape index (κ1) is 23.6. The number of nitrogens with one attached hydrogen (secondary N) is 1. The number of amides is 3. The molecule has 0 bridgehead atoms. The van der Waals surface area contributed by atoms with Crippen LogP contribution in [0.5, 0.6) is 0 Å². The zero-order valence-electron chi connectivity index (χ0n) is 18.3. The number of hydrogen-bond donors (Lipinski definition) is 1. The van der Waals surface area contributed by atoms with Crippen molar-refractivity contribution in [3.63, 3.8) is 0 Å². The van der Waals surface area contributed by atoms with Crippen LogP contribution in [-0.4, -0.2) is 45.7 Å². The second-order valence-electron chi connectivity index (χ2n) is 8.05. The molecule has 2 unspecified atom stereocenters. The molecule has 0 fully saturated rings. The Morgan fingerprint density at radius 3 is 2.18 bits per heavy atom. The van der Waals surface area contributed by atoms with Gasteiger partial charge in [-0.05, 0) is 37.5 Å². The van der Waals surface area contributed by atoms with Crippen LogP contribution in [0.4, 0.5) is 11.4 Å². The highest BCUT2D eigenvalue weighted by Crippen LogP contribution is 2.28. The number of nitro benzene ring substituents is 1. The fourth-order valence-corrected chi connectivity index (χ4v) is 3.49. The molecular formula is C23H23N3O7. The minimum Gasteiger partial charge on any atom is -0.451 e. The smallest absolute Gasteiger partial charge is 0.330 e. The highest BCUT2D eigenvalue weighted by atomic mass is 16.6. The van der Waals surface area contributed by atoms with Gasteiger partial charge in [0.15, 0.2) is 6.10 Å². The Kier molecular flexibility index (Phi) is 6.86. The van der Waals surface area contributed by atoms with Crippen LogP contribution in [0, 0.1) is 16.0 Å². The van der Waals surface area contributed by atoms with Crippen molar-refractivity contribution in [2.24, 2.45) is 5.92 Å². The lowest BCUT2D eigenvalue weighted by Gasteiger charge is -2.27. The number of rotatable bonds is 8. The molecule has 0 saturated heterocycles. The van der Waals surface area contributed by atoms with Crippen LogP contribution in [0.25, 0.3) is 0 Å². The quantitative estimate of drug-likeness (QED) is 0.281. The van der Waals surface area contributed by atoms with Crippen molar-refractivity contribution in [3.05, 3.63) is 69.8 Å². The second-order valence-corrected chi connectivity index (χ2v) is 8.05. The molecule has 10 heteroatoms. The second kappa shape index (κ2) is 9.60. The summed E-state index contributed by atoms with van der Waals surface area (Å²) in [6, 6.07) is 10.4. The van der Waals surface area contributed by atoms with Crippen LogP contribution in [0.15, 0.2) is 48.5 Å². The normalized spacial score (nSPS) is 14.6. The number of fused-ring (bicyclic) bond motifs is 1. The number of ether oxygens (including phenoxy) is 1. The van der Waals surface area contributed by atoms with Crippen molar-refractivity contribution in [2.75, 3.05) is 5.32 Å². The minimum absolute atomic E-state index is 0.0548. The maximum Gasteiger partial charge on any atom is 0.330 e. The molecule has 1 heterocycles. The SMILES string of the molecule is CC(C)CC(C(=O)OC(C)C(=O)Nc1cccc([N+](=O)[O-])c1)N1C(=O)c2ccccc2C1=O. The molecule has 0 aliphatic carbocycles. The number of esters is 1. The highest BCUT2D eigenvalue weighted by Gasteiger charge is 2.44. The Balaban J connectivity index is 1.74. The average molecular weight is 453 g/mol. The topological polar surface area (TPSA) is 136 Å². The number of imide groups is 1. The zero-order chi connectivity index (χ0) is 24.3. The third-order valence-corrected chi connectivity index (χ3v) is 5.09. The van der Waals surface area contributed by atoms with E-state index in [4.69, 9.17) is 4.74 Å². The number of nitrogens with zero attached hydrogens (tertiary/aromatic N) is 2. The van der Waals surface area contributed by atoms with Crippen LogP contribution in [-0.2, 0) is 14.3 Å². The van der Waals surface area contributed by atoms with E-state index in [9.17, 15) is 29.3 Å². The molecule has 33 heavy (non-hydrogen) atoms. The molecule has 1 aliphatic rings. The van der Waals surface area contributed by atoms with Gasteiger partial charge < -0.3 is 10.1 Å². The number of carbonyl (C=O) groups excluding carboxylic acids is 4. The van der Waals surface area contributed by atoms with Crippen molar-refractivity contribution in [1.29, 1.82) is 0 Å². The van der Waals surface area contributed by atoms with Crippen molar-refractivity contribution in [3.8, 4) is 0 Å². The van der Waals surface area contributed by atoms with E-state index in [0.29, 0.717) is 0 Å². The van der Waals surface area contributed by atoms with E-state index < -0.39 is 40.8 Å². The maximum atomic E-state index is 13.0. The molecule has 3 amide bonds. The summed E-state index contributed by atoms with van der Waals surface area (Å²) >= 11 is 0. The fraction of sp³-hybridized carbons (Fsp3) is 0.304. The number of benzene rings is 2. The van der Waals surface area contributed by atoms with Gasteiger partial charge >= 0.3 is 5.97 Å². The minimum atomic E-state index is -1.28. The molecule has 0 aromatic heterocycles.